The van der Waals surface area contributed by atoms with Crippen LogP contribution in [0.1, 0.15) is 55.9 Å². The van der Waals surface area contributed by atoms with Crippen LogP contribution in [0.5, 0.6) is 0 Å². The lowest BCUT2D eigenvalue weighted by atomic mass is 9.88. The molecule has 0 fully saturated rings. The van der Waals surface area contributed by atoms with Crippen LogP contribution in [0.3, 0.4) is 0 Å². The molecule has 0 aromatic carbocycles. The molecular formula is C16H28N2O2. The molecule has 2 N–H and O–H groups in total. The number of aliphatic hydroxyl groups excluding tert-OH is 1. The fraction of sp³-hybridized carbons (Fsp3) is 0.688. The van der Waals surface area contributed by atoms with Gasteiger partial charge in [-0.05, 0) is 38.7 Å². The van der Waals surface area contributed by atoms with E-state index in [0.29, 0.717) is 5.56 Å². The summed E-state index contributed by atoms with van der Waals surface area (Å²) in [6, 6.07) is 1.71. The molecule has 0 aliphatic carbocycles. The Labute approximate surface area is 122 Å². The summed E-state index contributed by atoms with van der Waals surface area (Å²) in [6.07, 6.45) is 0.752. The molecule has 0 bridgehead atoms. The SMILES string of the molecule is CCn1c(C)cc(C(=O)NC(CO)CC(C)(C)C)c1C. The number of aromatic nitrogens is 1. The molecule has 1 aromatic heterocycles. The van der Waals surface area contributed by atoms with Gasteiger partial charge < -0.3 is 15.0 Å². The van der Waals surface area contributed by atoms with Crippen LogP contribution in [0.4, 0.5) is 0 Å². The van der Waals surface area contributed by atoms with Crippen LogP contribution in [0.2, 0.25) is 0 Å². The minimum atomic E-state index is -0.202. The van der Waals surface area contributed by atoms with Crippen molar-refractivity contribution >= 4 is 5.91 Å². The largest absolute Gasteiger partial charge is 0.394 e. The Morgan fingerprint density at radius 3 is 2.40 bits per heavy atom. The fourth-order valence-corrected chi connectivity index (χ4v) is 2.68. The number of aryl methyl sites for hydroxylation is 1. The first kappa shape index (κ1) is 16.8. The third kappa shape index (κ3) is 4.10. The van der Waals surface area contributed by atoms with Crippen molar-refractivity contribution in [1.82, 2.24) is 9.88 Å². The first-order chi connectivity index (χ1) is 9.19. The van der Waals surface area contributed by atoms with Gasteiger partial charge in [0.25, 0.3) is 5.91 Å². The molecule has 0 saturated heterocycles. The average molecular weight is 280 g/mol. The van der Waals surface area contributed by atoms with E-state index in [0.717, 1.165) is 24.4 Å². The Balaban J connectivity index is 2.85. The zero-order chi connectivity index (χ0) is 15.5. The number of amides is 1. The predicted octanol–water partition coefficient (Wildman–Crippen LogP) is 2.65. The van der Waals surface area contributed by atoms with Crippen LogP contribution in [0, 0.1) is 19.3 Å². The molecule has 1 aromatic rings. The zero-order valence-electron chi connectivity index (χ0n) is 13.6. The quantitative estimate of drug-likeness (QED) is 0.871. The van der Waals surface area contributed by atoms with Gasteiger partial charge in [0.15, 0.2) is 0 Å². The highest BCUT2D eigenvalue weighted by Crippen LogP contribution is 2.21. The van der Waals surface area contributed by atoms with Crippen molar-refractivity contribution in [3.05, 3.63) is 23.0 Å². The summed E-state index contributed by atoms with van der Waals surface area (Å²) in [7, 11) is 0. The molecule has 0 spiro atoms. The zero-order valence-corrected chi connectivity index (χ0v) is 13.6. The second-order valence-corrected chi connectivity index (χ2v) is 6.65. The third-order valence-corrected chi connectivity index (χ3v) is 3.55. The number of rotatable bonds is 5. The Kier molecular flexibility index (Phi) is 5.40. The van der Waals surface area contributed by atoms with Crippen LogP contribution in [0.15, 0.2) is 6.07 Å². The van der Waals surface area contributed by atoms with Crippen molar-refractivity contribution in [2.45, 2.75) is 60.5 Å². The molecule has 1 unspecified atom stereocenters. The molecule has 4 nitrogen and oxygen atoms in total. The standard InChI is InChI=1S/C16H28N2O2/c1-7-18-11(2)8-14(12(18)3)15(20)17-13(10-19)9-16(4,5)6/h8,13,19H,7,9-10H2,1-6H3,(H,17,20). The van der Waals surface area contributed by atoms with E-state index in [4.69, 9.17) is 0 Å². The number of carbonyl (C=O) groups excluding carboxylic acids is 1. The fourth-order valence-electron chi connectivity index (χ4n) is 2.68. The Bertz CT molecular complexity index is 470. The molecule has 0 aliphatic heterocycles. The maximum atomic E-state index is 12.4. The predicted molar refractivity (Wildman–Crippen MR) is 82.0 cm³/mol. The van der Waals surface area contributed by atoms with Crippen LogP contribution in [-0.4, -0.2) is 28.2 Å². The lowest BCUT2D eigenvalue weighted by molar-refractivity contribution is 0.0897. The highest BCUT2D eigenvalue weighted by Gasteiger charge is 2.22. The minimum Gasteiger partial charge on any atom is -0.394 e. The van der Waals surface area contributed by atoms with Crippen molar-refractivity contribution in [2.75, 3.05) is 6.61 Å². The average Bonchev–Trinajstić information content (AvgIpc) is 2.61. The van der Waals surface area contributed by atoms with E-state index in [1.165, 1.54) is 0 Å². The van der Waals surface area contributed by atoms with Gasteiger partial charge in [-0.25, -0.2) is 0 Å². The molecular weight excluding hydrogens is 252 g/mol. The van der Waals surface area contributed by atoms with Gasteiger partial charge in [-0.2, -0.15) is 0 Å². The van der Waals surface area contributed by atoms with Gasteiger partial charge in [-0.1, -0.05) is 20.8 Å². The van der Waals surface area contributed by atoms with Crippen molar-refractivity contribution in [2.24, 2.45) is 5.41 Å². The second-order valence-electron chi connectivity index (χ2n) is 6.65. The maximum Gasteiger partial charge on any atom is 0.253 e. The molecule has 0 radical (unpaired) electrons. The van der Waals surface area contributed by atoms with E-state index >= 15 is 0 Å². The molecule has 1 rings (SSSR count). The van der Waals surface area contributed by atoms with Crippen LogP contribution in [-0.2, 0) is 6.54 Å². The molecule has 1 atom stereocenters. The molecule has 20 heavy (non-hydrogen) atoms. The normalized spacial score (nSPS) is 13.3. The van der Waals surface area contributed by atoms with E-state index in [1.54, 1.807) is 0 Å². The molecule has 114 valence electrons. The summed E-state index contributed by atoms with van der Waals surface area (Å²) in [5, 5.41) is 12.4. The molecule has 0 aliphatic rings. The number of carbonyl (C=O) groups is 1. The van der Waals surface area contributed by atoms with Gasteiger partial charge in [-0.15, -0.1) is 0 Å². The Morgan fingerprint density at radius 1 is 1.40 bits per heavy atom. The summed E-state index contributed by atoms with van der Waals surface area (Å²) >= 11 is 0. The maximum absolute atomic E-state index is 12.4. The van der Waals surface area contributed by atoms with Gasteiger partial charge >= 0.3 is 0 Å². The smallest absolute Gasteiger partial charge is 0.253 e. The first-order valence-corrected chi connectivity index (χ1v) is 7.28. The summed E-state index contributed by atoms with van der Waals surface area (Å²) in [5.74, 6) is -0.0962. The van der Waals surface area contributed by atoms with Crippen LogP contribution >= 0.6 is 0 Å². The van der Waals surface area contributed by atoms with Gasteiger partial charge in [0, 0.05) is 17.9 Å². The molecule has 1 heterocycles. The van der Waals surface area contributed by atoms with Crippen molar-refractivity contribution in [3.8, 4) is 0 Å². The van der Waals surface area contributed by atoms with E-state index in [2.05, 4.69) is 37.6 Å². The monoisotopic (exact) mass is 280 g/mol. The van der Waals surface area contributed by atoms with Crippen molar-refractivity contribution in [3.63, 3.8) is 0 Å². The van der Waals surface area contributed by atoms with Crippen molar-refractivity contribution < 1.29 is 9.90 Å². The number of nitrogens with one attached hydrogen (secondary N) is 1. The number of aliphatic hydroxyl groups is 1. The lowest BCUT2D eigenvalue weighted by Gasteiger charge is -2.25. The van der Waals surface area contributed by atoms with E-state index in [1.807, 2.05) is 19.9 Å². The number of hydrogen-bond donors (Lipinski definition) is 2. The van der Waals surface area contributed by atoms with E-state index in [-0.39, 0.29) is 24.0 Å². The number of nitrogens with zero attached hydrogens (tertiary/aromatic N) is 1. The summed E-state index contributed by atoms with van der Waals surface area (Å²) in [4.78, 5) is 12.4. The minimum absolute atomic E-state index is 0.0322. The molecule has 0 saturated carbocycles. The summed E-state index contributed by atoms with van der Waals surface area (Å²) in [6.45, 7) is 13.2. The highest BCUT2D eigenvalue weighted by molar-refractivity contribution is 5.95. The Morgan fingerprint density at radius 2 is 2.00 bits per heavy atom. The van der Waals surface area contributed by atoms with E-state index < -0.39 is 0 Å². The third-order valence-electron chi connectivity index (χ3n) is 3.55. The van der Waals surface area contributed by atoms with Gasteiger partial charge in [0.1, 0.15) is 0 Å². The lowest BCUT2D eigenvalue weighted by Crippen LogP contribution is -2.40. The summed E-state index contributed by atoms with van der Waals surface area (Å²) < 4.78 is 2.12. The topological polar surface area (TPSA) is 54.3 Å². The highest BCUT2D eigenvalue weighted by atomic mass is 16.3. The van der Waals surface area contributed by atoms with Gasteiger partial charge in [0.05, 0.1) is 18.2 Å². The second kappa shape index (κ2) is 6.44. The Hall–Kier alpha value is -1.29. The van der Waals surface area contributed by atoms with Gasteiger partial charge in [0.2, 0.25) is 0 Å². The summed E-state index contributed by atoms with van der Waals surface area (Å²) in [5.41, 5.74) is 2.85. The van der Waals surface area contributed by atoms with Crippen LogP contribution < -0.4 is 5.32 Å². The van der Waals surface area contributed by atoms with E-state index in [9.17, 15) is 9.90 Å². The van der Waals surface area contributed by atoms with Crippen molar-refractivity contribution in [1.29, 1.82) is 0 Å². The van der Waals surface area contributed by atoms with Crippen LogP contribution in [0.25, 0.3) is 0 Å². The molecule has 1 amide bonds. The molecule has 4 heteroatoms. The number of hydrogen-bond acceptors (Lipinski definition) is 2. The van der Waals surface area contributed by atoms with Gasteiger partial charge in [-0.3, -0.25) is 4.79 Å². The first-order valence-electron chi connectivity index (χ1n) is 7.28.